The highest BCUT2D eigenvalue weighted by Gasteiger charge is 2.27. The van der Waals surface area contributed by atoms with Crippen LogP contribution in [-0.4, -0.2) is 36.3 Å². The molecule has 212 valence electrons. The normalized spacial score (nSPS) is 16.9. The first-order chi connectivity index (χ1) is 19.3. The smallest absolute Gasteiger partial charge is 0.410 e. The molecule has 0 spiro atoms. The van der Waals surface area contributed by atoms with E-state index >= 15 is 0 Å². The quantitative estimate of drug-likeness (QED) is 0.299. The lowest BCUT2D eigenvalue weighted by molar-refractivity contribution is 0.0165. The first-order valence-electron chi connectivity index (χ1n) is 14.9. The van der Waals surface area contributed by atoms with Crippen LogP contribution in [0.25, 0.3) is 11.1 Å². The van der Waals surface area contributed by atoms with Crippen molar-refractivity contribution in [2.75, 3.05) is 19.7 Å². The van der Waals surface area contributed by atoms with Gasteiger partial charge in [0, 0.05) is 19.2 Å². The maximum Gasteiger partial charge on any atom is 0.410 e. The Morgan fingerprint density at radius 1 is 0.800 bits per heavy atom. The minimum atomic E-state index is -0.466. The fourth-order valence-corrected chi connectivity index (χ4v) is 5.82. The molecule has 1 heterocycles. The molecule has 1 amide bonds. The molecule has 5 nitrogen and oxygen atoms in total. The van der Waals surface area contributed by atoms with E-state index in [0.717, 1.165) is 30.1 Å². The maximum atomic E-state index is 12.3. The predicted octanol–water partition coefficient (Wildman–Crippen LogP) is 9.22. The largest absolute Gasteiger partial charge is 0.493 e. The van der Waals surface area contributed by atoms with Crippen LogP contribution in [0.15, 0.2) is 72.8 Å². The zero-order chi connectivity index (χ0) is 28.0. The van der Waals surface area contributed by atoms with Crippen molar-refractivity contribution in [1.29, 1.82) is 0 Å². The summed E-state index contributed by atoms with van der Waals surface area (Å²) in [5, 5.41) is 0. The van der Waals surface area contributed by atoms with Gasteiger partial charge >= 0.3 is 6.09 Å². The molecule has 5 rings (SSSR count). The van der Waals surface area contributed by atoms with E-state index in [4.69, 9.17) is 14.2 Å². The summed E-state index contributed by atoms with van der Waals surface area (Å²) in [5.74, 6) is 3.44. The Hall–Kier alpha value is -3.47. The SMILES string of the molecule is CC(C)(C)OC(=O)N1CCC(COc2cccc(Oc3ccc(-c4ccccc4C4CCCCC4)cc3)c2)CC1. The number of amides is 1. The summed E-state index contributed by atoms with van der Waals surface area (Å²) >= 11 is 0. The zero-order valence-electron chi connectivity index (χ0n) is 24.2. The molecule has 5 heteroatoms. The standard InChI is InChI=1S/C35H43NO4/c1-35(2,3)40-34(37)36-22-20-26(21-23-36)25-38-30-12-9-13-31(24-30)39-29-18-16-28(17-19-29)33-15-8-7-14-32(33)27-10-5-4-6-11-27/h7-9,12-19,24,26-27H,4-6,10-11,20-23,25H2,1-3H3. The summed E-state index contributed by atoms with van der Waals surface area (Å²) < 4.78 is 17.8. The molecule has 0 atom stereocenters. The molecule has 1 aliphatic heterocycles. The van der Waals surface area contributed by atoms with E-state index in [-0.39, 0.29) is 6.09 Å². The van der Waals surface area contributed by atoms with Crippen molar-refractivity contribution in [3.63, 3.8) is 0 Å². The first kappa shape index (κ1) is 28.1. The molecule has 1 saturated heterocycles. The Morgan fingerprint density at radius 3 is 2.23 bits per heavy atom. The molecule has 3 aromatic rings. The van der Waals surface area contributed by atoms with Gasteiger partial charge in [0.25, 0.3) is 0 Å². The third-order valence-corrected chi connectivity index (χ3v) is 7.96. The monoisotopic (exact) mass is 541 g/mol. The number of hydrogen-bond donors (Lipinski definition) is 0. The third-order valence-electron chi connectivity index (χ3n) is 7.96. The van der Waals surface area contributed by atoms with Gasteiger partial charge in [-0.2, -0.15) is 0 Å². The number of hydrogen-bond acceptors (Lipinski definition) is 4. The Labute approximate surface area is 239 Å². The first-order valence-corrected chi connectivity index (χ1v) is 14.9. The Kier molecular flexibility index (Phi) is 8.98. The van der Waals surface area contributed by atoms with E-state index in [0.29, 0.717) is 31.5 Å². The number of ether oxygens (including phenoxy) is 3. The lowest BCUT2D eigenvalue weighted by Crippen LogP contribution is -2.42. The van der Waals surface area contributed by atoms with Gasteiger partial charge in [-0.15, -0.1) is 0 Å². The second kappa shape index (κ2) is 12.8. The lowest BCUT2D eigenvalue weighted by Gasteiger charge is -2.33. The molecular formula is C35H43NO4. The number of likely N-dealkylation sites (tertiary alicyclic amines) is 1. The molecule has 0 N–H and O–H groups in total. The second-order valence-electron chi connectivity index (χ2n) is 12.2. The van der Waals surface area contributed by atoms with Gasteiger partial charge in [-0.3, -0.25) is 0 Å². The van der Waals surface area contributed by atoms with Crippen molar-refractivity contribution >= 4 is 6.09 Å². The summed E-state index contributed by atoms with van der Waals surface area (Å²) in [5.41, 5.74) is 3.60. The molecule has 0 radical (unpaired) electrons. The van der Waals surface area contributed by atoms with Crippen LogP contribution in [0.1, 0.15) is 77.2 Å². The predicted molar refractivity (Wildman–Crippen MR) is 160 cm³/mol. The summed E-state index contributed by atoms with van der Waals surface area (Å²) in [4.78, 5) is 14.1. The van der Waals surface area contributed by atoms with Crippen molar-refractivity contribution in [1.82, 2.24) is 4.90 Å². The minimum absolute atomic E-state index is 0.224. The Morgan fingerprint density at radius 2 is 1.50 bits per heavy atom. The fourth-order valence-electron chi connectivity index (χ4n) is 5.82. The third kappa shape index (κ3) is 7.59. The number of nitrogens with zero attached hydrogens (tertiary/aromatic N) is 1. The van der Waals surface area contributed by atoms with Crippen LogP contribution in [0.4, 0.5) is 4.79 Å². The number of piperidine rings is 1. The molecule has 40 heavy (non-hydrogen) atoms. The Bertz CT molecular complexity index is 1250. The highest BCUT2D eigenvalue weighted by atomic mass is 16.6. The van der Waals surface area contributed by atoms with Gasteiger partial charge in [0.15, 0.2) is 0 Å². The lowest BCUT2D eigenvalue weighted by atomic mass is 9.81. The van der Waals surface area contributed by atoms with Gasteiger partial charge in [0.1, 0.15) is 22.8 Å². The van der Waals surface area contributed by atoms with E-state index < -0.39 is 5.60 Å². The minimum Gasteiger partial charge on any atom is -0.493 e. The average Bonchev–Trinajstić information content (AvgIpc) is 2.97. The van der Waals surface area contributed by atoms with Gasteiger partial charge < -0.3 is 19.1 Å². The Balaban J connectivity index is 1.14. The zero-order valence-corrected chi connectivity index (χ0v) is 24.2. The summed E-state index contributed by atoms with van der Waals surface area (Å²) in [7, 11) is 0. The number of carbonyl (C=O) groups is 1. The maximum absolute atomic E-state index is 12.3. The van der Waals surface area contributed by atoms with Crippen molar-refractivity contribution in [3.05, 3.63) is 78.4 Å². The van der Waals surface area contributed by atoms with Crippen LogP contribution in [0, 0.1) is 5.92 Å². The van der Waals surface area contributed by atoms with Gasteiger partial charge in [0.05, 0.1) is 6.61 Å². The highest BCUT2D eigenvalue weighted by Crippen LogP contribution is 2.38. The summed E-state index contributed by atoms with van der Waals surface area (Å²) in [6.45, 7) is 7.73. The van der Waals surface area contributed by atoms with Gasteiger partial charge in [0.2, 0.25) is 0 Å². The van der Waals surface area contributed by atoms with Crippen LogP contribution in [0.5, 0.6) is 17.2 Å². The van der Waals surface area contributed by atoms with E-state index in [9.17, 15) is 4.79 Å². The number of carbonyl (C=O) groups excluding carboxylic acids is 1. The number of benzene rings is 3. The molecule has 0 unspecified atom stereocenters. The van der Waals surface area contributed by atoms with Crippen LogP contribution >= 0.6 is 0 Å². The second-order valence-corrected chi connectivity index (χ2v) is 12.2. The van der Waals surface area contributed by atoms with Crippen molar-refractivity contribution < 1.29 is 19.0 Å². The summed E-state index contributed by atoms with van der Waals surface area (Å²) in [6, 6.07) is 25.2. The van der Waals surface area contributed by atoms with E-state index in [1.807, 2.05) is 45.0 Å². The molecule has 2 aliphatic rings. The molecular weight excluding hydrogens is 498 g/mol. The summed E-state index contributed by atoms with van der Waals surface area (Å²) in [6.07, 6.45) is 8.22. The van der Waals surface area contributed by atoms with Crippen LogP contribution in [-0.2, 0) is 4.74 Å². The number of rotatable bonds is 7. The molecule has 0 aromatic heterocycles. The average molecular weight is 542 g/mol. The van der Waals surface area contributed by atoms with Gasteiger partial charge in [-0.1, -0.05) is 61.7 Å². The van der Waals surface area contributed by atoms with E-state index in [1.165, 1.54) is 48.8 Å². The fraction of sp³-hybridized carbons (Fsp3) is 0.457. The van der Waals surface area contributed by atoms with Crippen molar-refractivity contribution in [3.8, 4) is 28.4 Å². The molecule has 2 fully saturated rings. The van der Waals surface area contributed by atoms with Crippen LogP contribution < -0.4 is 9.47 Å². The highest BCUT2D eigenvalue weighted by molar-refractivity contribution is 5.69. The van der Waals surface area contributed by atoms with E-state index in [1.54, 1.807) is 4.90 Å². The van der Waals surface area contributed by atoms with Gasteiger partial charge in [-0.25, -0.2) is 4.79 Å². The topological polar surface area (TPSA) is 48.0 Å². The van der Waals surface area contributed by atoms with Crippen LogP contribution in [0.2, 0.25) is 0 Å². The molecule has 3 aromatic carbocycles. The van der Waals surface area contributed by atoms with E-state index in [2.05, 4.69) is 48.5 Å². The van der Waals surface area contributed by atoms with Crippen LogP contribution in [0.3, 0.4) is 0 Å². The van der Waals surface area contributed by atoms with Crippen molar-refractivity contribution in [2.24, 2.45) is 5.92 Å². The van der Waals surface area contributed by atoms with Gasteiger partial charge in [-0.05, 0) is 99.2 Å². The molecule has 1 saturated carbocycles. The molecule has 0 bridgehead atoms. The molecule has 1 aliphatic carbocycles. The van der Waals surface area contributed by atoms with Crippen molar-refractivity contribution in [2.45, 2.75) is 77.2 Å².